The van der Waals surface area contributed by atoms with E-state index in [0.717, 1.165) is 22.5 Å². The molecule has 3 heterocycles. The summed E-state index contributed by atoms with van der Waals surface area (Å²) in [5, 5.41) is 10.6. The third-order valence-corrected chi connectivity index (χ3v) is 8.89. The highest BCUT2D eigenvalue weighted by atomic mass is 35.5. The van der Waals surface area contributed by atoms with Crippen molar-refractivity contribution in [2.24, 2.45) is 0 Å². The Morgan fingerprint density at radius 3 is 2.40 bits per heavy atom. The maximum Gasteiger partial charge on any atom is 0.268 e. The van der Waals surface area contributed by atoms with Crippen LogP contribution >= 0.6 is 34.5 Å². The van der Waals surface area contributed by atoms with E-state index in [2.05, 4.69) is 5.32 Å². The number of nitrogens with zero attached hydrogens (tertiary/aromatic N) is 4. The molecule has 1 amide bonds. The Hall–Kier alpha value is -4.24. The van der Waals surface area contributed by atoms with E-state index in [0.29, 0.717) is 44.1 Å². The number of carbonyl (C=O) groups excluding carboxylic acids is 1. The smallest absolute Gasteiger partial charge is 0.268 e. The van der Waals surface area contributed by atoms with Crippen LogP contribution in [0.3, 0.4) is 0 Å². The minimum Gasteiger partial charge on any atom is -0.349 e. The van der Waals surface area contributed by atoms with Gasteiger partial charge in [-0.15, -0.1) is 11.3 Å². The van der Waals surface area contributed by atoms with E-state index < -0.39 is 0 Å². The average molecular weight is 629 g/mol. The number of thiazole rings is 1. The molecule has 6 aromatic rings. The number of carbonyl (C=O) groups is 1. The van der Waals surface area contributed by atoms with Gasteiger partial charge < -0.3 is 5.32 Å². The van der Waals surface area contributed by atoms with Crippen molar-refractivity contribution in [2.45, 2.75) is 32.7 Å². The Morgan fingerprint density at radius 2 is 1.67 bits per heavy atom. The molecule has 0 fully saturated rings. The van der Waals surface area contributed by atoms with Gasteiger partial charge in [0.25, 0.3) is 5.56 Å². The van der Waals surface area contributed by atoms with Crippen molar-refractivity contribution in [1.82, 2.24) is 24.5 Å². The molecule has 0 saturated carbocycles. The summed E-state index contributed by atoms with van der Waals surface area (Å²) in [4.78, 5) is 32.6. The maximum atomic E-state index is 14.0. The van der Waals surface area contributed by atoms with Crippen LogP contribution in [0.25, 0.3) is 21.9 Å². The molecular weight excluding hydrogens is 601 g/mol. The van der Waals surface area contributed by atoms with Gasteiger partial charge in [-0.2, -0.15) is 5.10 Å². The molecule has 0 saturated heterocycles. The number of amides is 1. The molecule has 0 aliphatic carbocycles. The third kappa shape index (κ3) is 5.99. The van der Waals surface area contributed by atoms with Crippen molar-refractivity contribution < 1.29 is 4.79 Å². The predicted molar refractivity (Wildman–Crippen MR) is 173 cm³/mol. The summed E-state index contributed by atoms with van der Waals surface area (Å²) in [7, 11) is 0. The van der Waals surface area contributed by atoms with Gasteiger partial charge in [-0.1, -0.05) is 83.9 Å². The lowest BCUT2D eigenvalue weighted by atomic mass is 9.98. The zero-order chi connectivity index (χ0) is 30.1. The van der Waals surface area contributed by atoms with Gasteiger partial charge >= 0.3 is 0 Å². The summed E-state index contributed by atoms with van der Waals surface area (Å²) < 4.78 is 3.23. The van der Waals surface area contributed by atoms with Crippen LogP contribution in [0.5, 0.6) is 0 Å². The zero-order valence-electron chi connectivity index (χ0n) is 23.4. The van der Waals surface area contributed by atoms with Crippen LogP contribution < -0.4 is 10.9 Å². The van der Waals surface area contributed by atoms with E-state index in [1.165, 1.54) is 15.7 Å². The zero-order valence-corrected chi connectivity index (χ0v) is 25.7. The van der Waals surface area contributed by atoms with Gasteiger partial charge in [0.2, 0.25) is 5.91 Å². The number of aryl methyl sites for hydroxylation is 2. The van der Waals surface area contributed by atoms with E-state index in [1.54, 1.807) is 23.7 Å². The minimum atomic E-state index is -0.269. The Bertz CT molecular complexity index is 2000. The van der Waals surface area contributed by atoms with E-state index >= 15 is 0 Å². The van der Waals surface area contributed by atoms with Crippen LogP contribution in [0.2, 0.25) is 10.0 Å². The van der Waals surface area contributed by atoms with Crippen molar-refractivity contribution in [3.8, 4) is 16.9 Å². The largest absolute Gasteiger partial charge is 0.349 e. The molecule has 3 aromatic heterocycles. The second-order valence-electron chi connectivity index (χ2n) is 10.3. The standard InChI is InChI=1S/C33H27Cl2N5O2S/c1-20-15-29(38-40(20)24-13-14-26(34)27(35)17-24)31-21(2)36-33-39(32(31)42)25(19-43-33)18-30(41)37-28(23-11-7-4-8-12-23)16-22-9-5-3-6-10-22/h3-15,17,19,28H,16,18H2,1-2H3,(H,37,41)/t28-/m1/s1. The fourth-order valence-corrected chi connectivity index (χ4v) is 6.41. The number of aromatic nitrogens is 4. The van der Waals surface area contributed by atoms with Gasteiger partial charge in [0.05, 0.1) is 39.5 Å². The number of fused-ring (bicyclic) bond motifs is 1. The number of nitrogens with one attached hydrogen (secondary N) is 1. The van der Waals surface area contributed by atoms with Gasteiger partial charge in [0.15, 0.2) is 4.96 Å². The quantitative estimate of drug-likeness (QED) is 0.194. The van der Waals surface area contributed by atoms with Gasteiger partial charge in [0, 0.05) is 16.8 Å². The van der Waals surface area contributed by atoms with Crippen molar-refractivity contribution in [3.05, 3.63) is 139 Å². The van der Waals surface area contributed by atoms with Crippen LogP contribution in [0.4, 0.5) is 0 Å². The molecule has 6 rings (SSSR count). The molecule has 3 aromatic carbocycles. The first-order valence-corrected chi connectivity index (χ1v) is 15.3. The molecule has 0 bridgehead atoms. The average Bonchev–Trinajstić information content (AvgIpc) is 3.58. The van der Waals surface area contributed by atoms with Crippen LogP contribution in [0, 0.1) is 13.8 Å². The lowest BCUT2D eigenvalue weighted by molar-refractivity contribution is -0.121. The van der Waals surface area contributed by atoms with Crippen LogP contribution in [-0.2, 0) is 17.6 Å². The summed E-state index contributed by atoms with van der Waals surface area (Å²) in [6.07, 6.45) is 0.672. The number of hydrogen-bond donors (Lipinski definition) is 1. The van der Waals surface area contributed by atoms with Crippen molar-refractivity contribution >= 4 is 45.4 Å². The summed E-state index contributed by atoms with van der Waals surface area (Å²) in [5.41, 5.74) is 5.40. The van der Waals surface area contributed by atoms with Gasteiger partial charge in [0.1, 0.15) is 5.69 Å². The van der Waals surface area contributed by atoms with Crippen LogP contribution in [-0.4, -0.2) is 25.1 Å². The van der Waals surface area contributed by atoms with Crippen LogP contribution in [0.15, 0.2) is 95.1 Å². The summed E-state index contributed by atoms with van der Waals surface area (Å²) in [5.74, 6) is -0.182. The Balaban J connectivity index is 1.31. The number of halogens is 2. The summed E-state index contributed by atoms with van der Waals surface area (Å²) in [6, 6.07) is 26.8. The molecule has 0 spiro atoms. The number of rotatable bonds is 8. The molecule has 10 heteroatoms. The first kappa shape index (κ1) is 28.9. The van der Waals surface area contributed by atoms with E-state index in [4.69, 9.17) is 33.3 Å². The monoisotopic (exact) mass is 627 g/mol. The second kappa shape index (κ2) is 12.2. The van der Waals surface area contributed by atoms with E-state index in [1.807, 2.05) is 85.1 Å². The Kier molecular flexibility index (Phi) is 8.17. The maximum absolute atomic E-state index is 14.0. The fourth-order valence-electron chi connectivity index (χ4n) is 5.20. The van der Waals surface area contributed by atoms with Crippen molar-refractivity contribution in [1.29, 1.82) is 0 Å². The molecular formula is C33H27Cl2N5O2S. The molecule has 0 unspecified atom stereocenters. The second-order valence-corrected chi connectivity index (χ2v) is 12.0. The topological polar surface area (TPSA) is 81.3 Å². The highest BCUT2D eigenvalue weighted by Crippen LogP contribution is 2.27. The van der Waals surface area contributed by atoms with Crippen LogP contribution in [0.1, 0.15) is 34.3 Å². The summed E-state index contributed by atoms with van der Waals surface area (Å²) in [6.45, 7) is 3.70. The SMILES string of the molecule is Cc1nc2scc(CC(=O)N[C@H](Cc3ccccc3)c3ccccc3)n2c(=O)c1-c1cc(C)n(-c2ccc(Cl)c(Cl)c2)n1. The molecule has 0 radical (unpaired) electrons. The van der Waals surface area contributed by atoms with Crippen molar-refractivity contribution in [3.63, 3.8) is 0 Å². The third-order valence-electron chi connectivity index (χ3n) is 7.27. The lowest BCUT2D eigenvalue weighted by Crippen LogP contribution is -2.32. The highest BCUT2D eigenvalue weighted by Gasteiger charge is 2.22. The molecule has 1 atom stereocenters. The lowest BCUT2D eigenvalue weighted by Gasteiger charge is -2.19. The van der Waals surface area contributed by atoms with E-state index in [9.17, 15) is 9.59 Å². The fraction of sp³-hybridized carbons (Fsp3) is 0.152. The van der Waals surface area contributed by atoms with Gasteiger partial charge in [-0.25, -0.2) is 9.67 Å². The molecule has 216 valence electrons. The predicted octanol–water partition coefficient (Wildman–Crippen LogP) is 7.18. The van der Waals surface area contributed by atoms with E-state index in [-0.39, 0.29) is 23.9 Å². The number of benzene rings is 3. The highest BCUT2D eigenvalue weighted by molar-refractivity contribution is 7.15. The van der Waals surface area contributed by atoms with Gasteiger partial charge in [-0.05, 0) is 55.7 Å². The molecule has 7 nitrogen and oxygen atoms in total. The molecule has 0 aliphatic rings. The minimum absolute atomic E-state index is 0.0267. The van der Waals surface area contributed by atoms with Crippen molar-refractivity contribution in [2.75, 3.05) is 0 Å². The first-order chi connectivity index (χ1) is 20.8. The normalized spacial score (nSPS) is 12.0. The van der Waals surface area contributed by atoms with Gasteiger partial charge in [-0.3, -0.25) is 14.0 Å². The molecule has 0 aliphatic heterocycles. The molecule has 1 N–H and O–H groups in total. The first-order valence-electron chi connectivity index (χ1n) is 13.7. The Morgan fingerprint density at radius 1 is 0.953 bits per heavy atom. The number of hydrogen-bond acceptors (Lipinski definition) is 5. The summed E-state index contributed by atoms with van der Waals surface area (Å²) >= 11 is 13.7. The Labute approximate surface area is 262 Å². The molecule has 43 heavy (non-hydrogen) atoms.